The Morgan fingerprint density at radius 2 is 2.12 bits per heavy atom. The molecule has 2 unspecified atom stereocenters. The second-order valence-electron chi connectivity index (χ2n) is 7.56. The molecule has 2 atom stereocenters. The molecule has 1 aliphatic heterocycles. The molecule has 0 bridgehead atoms. The van der Waals surface area contributed by atoms with Crippen LogP contribution in [0.4, 0.5) is 0 Å². The largest absolute Gasteiger partial charge is 0.390 e. The summed E-state index contributed by atoms with van der Waals surface area (Å²) in [6.07, 6.45) is 1.94. The minimum Gasteiger partial charge on any atom is -0.390 e. The highest BCUT2D eigenvalue weighted by atomic mass is 35.5. The number of oxime groups is 1. The highest BCUT2D eigenvalue weighted by Gasteiger charge is 2.25. The van der Waals surface area contributed by atoms with Gasteiger partial charge in [0, 0.05) is 31.1 Å². The highest BCUT2D eigenvalue weighted by Crippen LogP contribution is 2.19. The van der Waals surface area contributed by atoms with Crippen LogP contribution in [0.1, 0.15) is 32.8 Å². The molecule has 144 valence electrons. The Balaban J connectivity index is 1.84. The van der Waals surface area contributed by atoms with Gasteiger partial charge in [-0.15, -0.1) is 6.58 Å². The fourth-order valence-corrected chi connectivity index (χ4v) is 2.86. The summed E-state index contributed by atoms with van der Waals surface area (Å²) < 4.78 is 5.66. The van der Waals surface area contributed by atoms with Gasteiger partial charge < -0.3 is 14.7 Å². The summed E-state index contributed by atoms with van der Waals surface area (Å²) in [6.45, 7) is 11.9. The van der Waals surface area contributed by atoms with Gasteiger partial charge in [0.2, 0.25) is 0 Å². The quantitative estimate of drug-likeness (QED) is 0.666. The van der Waals surface area contributed by atoms with E-state index in [1.807, 2.05) is 51.1 Å². The third-order valence-corrected chi connectivity index (χ3v) is 4.19. The minimum atomic E-state index is -0.563. The van der Waals surface area contributed by atoms with Gasteiger partial charge in [0.25, 0.3) is 0 Å². The summed E-state index contributed by atoms with van der Waals surface area (Å²) in [7, 11) is 0. The van der Waals surface area contributed by atoms with Gasteiger partial charge in [-0.2, -0.15) is 0 Å². The van der Waals surface area contributed by atoms with Crippen molar-refractivity contribution in [2.45, 2.75) is 45.0 Å². The van der Waals surface area contributed by atoms with Gasteiger partial charge in [0.15, 0.2) is 0 Å². The van der Waals surface area contributed by atoms with E-state index < -0.39 is 6.10 Å². The van der Waals surface area contributed by atoms with Crippen molar-refractivity contribution in [3.05, 3.63) is 47.5 Å². The van der Waals surface area contributed by atoms with Gasteiger partial charge in [-0.05, 0) is 38.5 Å². The lowest BCUT2D eigenvalue weighted by Gasteiger charge is -2.27. The van der Waals surface area contributed by atoms with Crippen molar-refractivity contribution in [1.29, 1.82) is 0 Å². The van der Waals surface area contributed by atoms with E-state index in [2.05, 4.69) is 16.6 Å². The maximum atomic E-state index is 10.3. The molecule has 0 saturated carbocycles. The van der Waals surface area contributed by atoms with E-state index in [9.17, 15) is 5.11 Å². The second-order valence-corrected chi connectivity index (χ2v) is 8.00. The van der Waals surface area contributed by atoms with Gasteiger partial charge in [0.05, 0.1) is 24.0 Å². The number of rotatable bonds is 9. The standard InChI is InChI=1S/C20H29ClN2O3/c1-5-10-23(12-17(24)14-25-20(2,3)4)13-18-11-19(22-26-18)15-6-8-16(21)9-7-15/h5-9,17-18,24H,1,10-14H2,2-4H3. The highest BCUT2D eigenvalue weighted by molar-refractivity contribution is 6.30. The molecular weight excluding hydrogens is 352 g/mol. The topological polar surface area (TPSA) is 54.3 Å². The first-order valence-electron chi connectivity index (χ1n) is 8.90. The number of aliphatic hydroxyl groups excluding tert-OH is 1. The first-order chi connectivity index (χ1) is 12.3. The van der Waals surface area contributed by atoms with Gasteiger partial charge in [-0.25, -0.2) is 0 Å². The molecule has 0 amide bonds. The Bertz CT molecular complexity index is 610. The fourth-order valence-electron chi connectivity index (χ4n) is 2.73. The summed E-state index contributed by atoms with van der Waals surface area (Å²) in [5, 5.41) is 15.2. The van der Waals surface area contributed by atoms with Crippen LogP contribution in [-0.2, 0) is 9.57 Å². The van der Waals surface area contributed by atoms with E-state index in [-0.39, 0.29) is 11.7 Å². The zero-order valence-electron chi connectivity index (χ0n) is 15.8. The lowest BCUT2D eigenvalue weighted by molar-refractivity contribution is -0.0583. The van der Waals surface area contributed by atoms with Crippen LogP contribution >= 0.6 is 11.6 Å². The number of hydrogen-bond acceptors (Lipinski definition) is 5. The molecular formula is C20H29ClN2O3. The normalized spacial score (nSPS) is 18.5. The molecule has 1 heterocycles. The van der Waals surface area contributed by atoms with Crippen LogP contribution in [0, 0.1) is 0 Å². The summed E-state index contributed by atoms with van der Waals surface area (Å²) in [5.41, 5.74) is 1.67. The molecule has 1 N–H and O–H groups in total. The van der Waals surface area contributed by atoms with Crippen LogP contribution in [0.3, 0.4) is 0 Å². The van der Waals surface area contributed by atoms with E-state index in [1.54, 1.807) is 0 Å². The number of ether oxygens (including phenoxy) is 1. The fraction of sp³-hybridized carbons (Fsp3) is 0.550. The molecule has 2 rings (SSSR count). The zero-order chi connectivity index (χ0) is 19.2. The Hall–Kier alpha value is -1.40. The predicted molar refractivity (Wildman–Crippen MR) is 106 cm³/mol. The number of aliphatic hydroxyl groups is 1. The van der Waals surface area contributed by atoms with Crippen molar-refractivity contribution in [2.24, 2.45) is 5.16 Å². The lowest BCUT2D eigenvalue weighted by atomic mass is 10.0. The molecule has 0 saturated heterocycles. The maximum absolute atomic E-state index is 10.3. The van der Waals surface area contributed by atoms with Crippen LogP contribution in [0.5, 0.6) is 0 Å². The molecule has 6 heteroatoms. The van der Waals surface area contributed by atoms with Crippen LogP contribution in [-0.4, -0.2) is 59.8 Å². The number of hydrogen-bond donors (Lipinski definition) is 1. The van der Waals surface area contributed by atoms with Crippen molar-refractivity contribution in [3.8, 4) is 0 Å². The molecule has 1 aliphatic rings. The van der Waals surface area contributed by atoms with Gasteiger partial charge in [0.1, 0.15) is 6.10 Å². The van der Waals surface area contributed by atoms with Crippen molar-refractivity contribution < 1.29 is 14.7 Å². The predicted octanol–water partition coefficient (Wildman–Crippen LogP) is 3.50. The second kappa shape index (κ2) is 9.51. The van der Waals surface area contributed by atoms with E-state index in [1.165, 1.54) is 0 Å². The van der Waals surface area contributed by atoms with Crippen molar-refractivity contribution in [2.75, 3.05) is 26.2 Å². The average Bonchev–Trinajstić information content (AvgIpc) is 3.02. The summed E-state index contributed by atoms with van der Waals surface area (Å²) in [6, 6.07) is 7.59. The van der Waals surface area contributed by atoms with Crippen LogP contribution < -0.4 is 0 Å². The van der Waals surface area contributed by atoms with E-state index in [0.29, 0.717) is 31.3 Å². The van der Waals surface area contributed by atoms with Crippen molar-refractivity contribution in [3.63, 3.8) is 0 Å². The summed E-state index contributed by atoms with van der Waals surface area (Å²) in [5.74, 6) is 0. The summed E-state index contributed by atoms with van der Waals surface area (Å²) in [4.78, 5) is 7.69. The first kappa shape index (κ1) is 20.9. The Morgan fingerprint density at radius 3 is 2.73 bits per heavy atom. The molecule has 26 heavy (non-hydrogen) atoms. The average molecular weight is 381 g/mol. The summed E-state index contributed by atoms with van der Waals surface area (Å²) >= 11 is 5.93. The lowest BCUT2D eigenvalue weighted by Crippen LogP contribution is -2.40. The first-order valence-corrected chi connectivity index (χ1v) is 9.28. The van der Waals surface area contributed by atoms with Crippen LogP contribution in [0.15, 0.2) is 42.1 Å². The molecule has 0 aliphatic carbocycles. The Kier molecular flexibility index (Phi) is 7.65. The number of halogens is 1. The molecule has 0 radical (unpaired) electrons. The van der Waals surface area contributed by atoms with Gasteiger partial charge in [-0.1, -0.05) is 35.0 Å². The maximum Gasteiger partial charge on any atom is 0.145 e. The van der Waals surface area contributed by atoms with Gasteiger partial charge in [-0.3, -0.25) is 4.90 Å². The minimum absolute atomic E-state index is 0.0450. The van der Waals surface area contributed by atoms with E-state index in [4.69, 9.17) is 21.2 Å². The molecule has 0 aromatic heterocycles. The molecule has 1 aromatic carbocycles. The van der Waals surface area contributed by atoms with E-state index in [0.717, 1.165) is 17.7 Å². The van der Waals surface area contributed by atoms with Gasteiger partial charge >= 0.3 is 0 Å². The van der Waals surface area contributed by atoms with Crippen LogP contribution in [0.25, 0.3) is 0 Å². The smallest absolute Gasteiger partial charge is 0.145 e. The third-order valence-electron chi connectivity index (χ3n) is 3.94. The zero-order valence-corrected chi connectivity index (χ0v) is 16.6. The third kappa shape index (κ3) is 7.08. The molecule has 1 aromatic rings. The molecule has 0 fully saturated rings. The SMILES string of the molecule is C=CCN(CC(O)COC(C)(C)C)CC1CC(c2ccc(Cl)cc2)=NO1. The van der Waals surface area contributed by atoms with Crippen molar-refractivity contribution in [1.82, 2.24) is 4.90 Å². The number of nitrogens with zero attached hydrogens (tertiary/aromatic N) is 2. The number of benzene rings is 1. The monoisotopic (exact) mass is 380 g/mol. The molecule has 0 spiro atoms. The van der Waals surface area contributed by atoms with Crippen LogP contribution in [0.2, 0.25) is 5.02 Å². The Morgan fingerprint density at radius 1 is 1.42 bits per heavy atom. The molecule has 5 nitrogen and oxygen atoms in total. The van der Waals surface area contributed by atoms with Crippen molar-refractivity contribution >= 4 is 17.3 Å². The van der Waals surface area contributed by atoms with E-state index >= 15 is 0 Å². The Labute approximate surface area is 161 Å².